The van der Waals surface area contributed by atoms with E-state index in [0.717, 1.165) is 21.7 Å². The van der Waals surface area contributed by atoms with Gasteiger partial charge in [0.1, 0.15) is 0 Å². The highest BCUT2D eigenvalue weighted by Crippen LogP contribution is 2.26. The van der Waals surface area contributed by atoms with E-state index in [-0.39, 0.29) is 18.4 Å². The van der Waals surface area contributed by atoms with Crippen molar-refractivity contribution in [1.29, 1.82) is 0 Å². The molecule has 7 heteroatoms. The van der Waals surface area contributed by atoms with Crippen LogP contribution in [0.3, 0.4) is 0 Å². The van der Waals surface area contributed by atoms with Crippen molar-refractivity contribution in [3.05, 3.63) is 40.9 Å². The number of hydrogen-bond donors (Lipinski definition) is 1. The number of hydrogen-bond acceptors (Lipinski definition) is 3. The SMILES string of the molecule is Cl.N[C@@H]1CCN(S(=O)(=O)c2ccc3cc(Br)ccc3c2)C1. The van der Waals surface area contributed by atoms with E-state index < -0.39 is 10.0 Å². The number of sulfonamides is 1. The van der Waals surface area contributed by atoms with Crippen LogP contribution < -0.4 is 5.73 Å². The Hall–Kier alpha value is -0.660. The van der Waals surface area contributed by atoms with E-state index in [4.69, 9.17) is 5.73 Å². The third-order valence-corrected chi connectivity index (χ3v) is 5.95. The maximum Gasteiger partial charge on any atom is 0.243 e. The summed E-state index contributed by atoms with van der Waals surface area (Å²) in [6.45, 7) is 0.905. The number of nitrogens with zero attached hydrogens (tertiary/aromatic N) is 1. The van der Waals surface area contributed by atoms with E-state index in [1.54, 1.807) is 12.1 Å². The summed E-state index contributed by atoms with van der Waals surface area (Å²) < 4.78 is 27.6. The lowest BCUT2D eigenvalue weighted by Crippen LogP contribution is -2.31. The molecule has 0 bridgehead atoms. The van der Waals surface area contributed by atoms with E-state index >= 15 is 0 Å². The number of nitrogens with two attached hydrogens (primary N) is 1. The molecule has 2 aromatic rings. The lowest BCUT2D eigenvalue weighted by atomic mass is 10.1. The Morgan fingerprint density at radius 3 is 2.48 bits per heavy atom. The van der Waals surface area contributed by atoms with Gasteiger partial charge in [0.15, 0.2) is 0 Å². The van der Waals surface area contributed by atoms with E-state index in [1.165, 1.54) is 4.31 Å². The number of benzene rings is 2. The highest BCUT2D eigenvalue weighted by atomic mass is 79.9. The maximum atomic E-state index is 12.6. The van der Waals surface area contributed by atoms with E-state index in [1.807, 2.05) is 24.3 Å². The zero-order chi connectivity index (χ0) is 14.3. The van der Waals surface area contributed by atoms with Crippen molar-refractivity contribution in [1.82, 2.24) is 4.31 Å². The molecule has 3 rings (SSSR count). The second-order valence-corrected chi connectivity index (χ2v) is 7.92. The Morgan fingerprint density at radius 2 is 1.81 bits per heavy atom. The van der Waals surface area contributed by atoms with Crippen LogP contribution >= 0.6 is 28.3 Å². The maximum absolute atomic E-state index is 12.6. The molecule has 1 fully saturated rings. The van der Waals surface area contributed by atoms with Gasteiger partial charge in [-0.3, -0.25) is 0 Å². The average Bonchev–Trinajstić information content (AvgIpc) is 2.85. The van der Waals surface area contributed by atoms with Crippen molar-refractivity contribution in [3.8, 4) is 0 Å². The fourth-order valence-electron chi connectivity index (χ4n) is 2.48. The molecule has 0 aliphatic carbocycles. The summed E-state index contributed by atoms with van der Waals surface area (Å²) in [6, 6.07) is 11.0. The molecule has 0 aromatic heterocycles. The van der Waals surface area contributed by atoms with Gasteiger partial charge in [0.25, 0.3) is 0 Å². The Labute approximate surface area is 138 Å². The van der Waals surface area contributed by atoms with E-state index in [0.29, 0.717) is 18.0 Å². The van der Waals surface area contributed by atoms with Gasteiger partial charge in [-0.15, -0.1) is 12.4 Å². The predicted molar refractivity (Wildman–Crippen MR) is 90.2 cm³/mol. The van der Waals surface area contributed by atoms with Crippen molar-refractivity contribution >= 4 is 49.1 Å². The molecule has 0 amide bonds. The van der Waals surface area contributed by atoms with Crippen LogP contribution in [0.2, 0.25) is 0 Å². The normalized spacial score (nSPS) is 19.6. The highest BCUT2D eigenvalue weighted by Gasteiger charge is 2.30. The second-order valence-electron chi connectivity index (χ2n) is 5.07. The predicted octanol–water partition coefficient (Wildman–Crippen LogP) is 2.75. The summed E-state index contributed by atoms with van der Waals surface area (Å²) >= 11 is 3.41. The summed E-state index contributed by atoms with van der Waals surface area (Å²) in [5.74, 6) is 0. The quantitative estimate of drug-likeness (QED) is 0.856. The minimum atomic E-state index is -3.43. The molecule has 2 N–H and O–H groups in total. The molecule has 2 aromatic carbocycles. The van der Waals surface area contributed by atoms with Crippen molar-refractivity contribution in [2.75, 3.05) is 13.1 Å². The minimum absolute atomic E-state index is 0. The smallest absolute Gasteiger partial charge is 0.243 e. The topological polar surface area (TPSA) is 63.4 Å². The van der Waals surface area contributed by atoms with Crippen LogP contribution in [0.5, 0.6) is 0 Å². The van der Waals surface area contributed by atoms with Gasteiger partial charge >= 0.3 is 0 Å². The second kappa shape index (κ2) is 6.22. The van der Waals surface area contributed by atoms with Crippen molar-refractivity contribution in [2.45, 2.75) is 17.4 Å². The number of halogens is 2. The third-order valence-electron chi connectivity index (χ3n) is 3.60. The molecular formula is C14H16BrClN2O2S. The molecule has 114 valence electrons. The molecule has 1 saturated heterocycles. The molecule has 0 saturated carbocycles. The van der Waals surface area contributed by atoms with Gasteiger partial charge in [-0.2, -0.15) is 4.31 Å². The third kappa shape index (κ3) is 3.24. The van der Waals surface area contributed by atoms with Gasteiger partial charge in [-0.25, -0.2) is 8.42 Å². The van der Waals surface area contributed by atoms with E-state index in [9.17, 15) is 8.42 Å². The lowest BCUT2D eigenvalue weighted by Gasteiger charge is -2.16. The van der Waals surface area contributed by atoms with Crippen LogP contribution in [0.25, 0.3) is 10.8 Å². The molecule has 1 aliphatic heterocycles. The Morgan fingerprint density at radius 1 is 1.14 bits per heavy atom. The molecule has 1 heterocycles. The minimum Gasteiger partial charge on any atom is -0.326 e. The average molecular weight is 392 g/mol. The van der Waals surface area contributed by atoms with Crippen molar-refractivity contribution in [3.63, 3.8) is 0 Å². The molecule has 0 unspecified atom stereocenters. The van der Waals surface area contributed by atoms with Crippen LogP contribution in [0, 0.1) is 0 Å². The van der Waals surface area contributed by atoms with Gasteiger partial charge in [-0.05, 0) is 41.5 Å². The van der Waals surface area contributed by atoms with Gasteiger partial charge in [0.05, 0.1) is 4.90 Å². The molecule has 4 nitrogen and oxygen atoms in total. The highest BCUT2D eigenvalue weighted by molar-refractivity contribution is 9.10. The zero-order valence-electron chi connectivity index (χ0n) is 11.2. The summed E-state index contributed by atoms with van der Waals surface area (Å²) in [5.41, 5.74) is 5.80. The van der Waals surface area contributed by atoms with Gasteiger partial charge in [-0.1, -0.05) is 28.1 Å². The van der Waals surface area contributed by atoms with Gasteiger partial charge < -0.3 is 5.73 Å². The number of rotatable bonds is 2. The van der Waals surface area contributed by atoms with Crippen LogP contribution in [0.4, 0.5) is 0 Å². The fourth-order valence-corrected chi connectivity index (χ4v) is 4.40. The van der Waals surface area contributed by atoms with Gasteiger partial charge in [0, 0.05) is 23.6 Å². The van der Waals surface area contributed by atoms with Gasteiger partial charge in [0.2, 0.25) is 10.0 Å². The molecular weight excluding hydrogens is 376 g/mol. The Kier molecular flexibility index (Phi) is 4.95. The molecule has 0 spiro atoms. The molecule has 1 atom stereocenters. The lowest BCUT2D eigenvalue weighted by molar-refractivity contribution is 0.472. The summed E-state index contributed by atoms with van der Waals surface area (Å²) in [7, 11) is -3.43. The van der Waals surface area contributed by atoms with E-state index in [2.05, 4.69) is 15.9 Å². The van der Waals surface area contributed by atoms with Crippen LogP contribution in [-0.2, 0) is 10.0 Å². The monoisotopic (exact) mass is 390 g/mol. The molecule has 1 aliphatic rings. The summed E-state index contributed by atoms with van der Waals surface area (Å²) in [4.78, 5) is 0.335. The largest absolute Gasteiger partial charge is 0.326 e. The Bertz CT molecular complexity index is 767. The first kappa shape index (κ1) is 16.7. The summed E-state index contributed by atoms with van der Waals surface area (Å²) in [6.07, 6.45) is 0.722. The fraction of sp³-hybridized carbons (Fsp3) is 0.286. The van der Waals surface area contributed by atoms with Crippen LogP contribution in [0.15, 0.2) is 45.8 Å². The first-order valence-electron chi connectivity index (χ1n) is 6.42. The molecule has 21 heavy (non-hydrogen) atoms. The zero-order valence-corrected chi connectivity index (χ0v) is 14.4. The first-order chi connectivity index (χ1) is 9.46. The van der Waals surface area contributed by atoms with Crippen molar-refractivity contribution < 1.29 is 8.42 Å². The summed E-state index contributed by atoms with van der Waals surface area (Å²) in [5, 5.41) is 1.93. The Balaban J connectivity index is 0.00000161. The standard InChI is InChI=1S/C14H15BrN2O2S.ClH/c15-12-3-1-11-8-14(4-2-10(11)7-12)20(18,19)17-6-5-13(16)9-17;/h1-4,7-8,13H,5-6,9,16H2;1H/t13-;/m1./s1. The van der Waals surface area contributed by atoms with Crippen LogP contribution in [0.1, 0.15) is 6.42 Å². The first-order valence-corrected chi connectivity index (χ1v) is 8.65. The molecule has 0 radical (unpaired) electrons. The van der Waals surface area contributed by atoms with Crippen LogP contribution in [-0.4, -0.2) is 31.9 Å². The van der Waals surface area contributed by atoms with Crippen molar-refractivity contribution in [2.24, 2.45) is 5.73 Å². The number of fused-ring (bicyclic) bond motifs is 1.